The zero-order valence-corrected chi connectivity index (χ0v) is 15.4. The number of aromatic nitrogens is 2. The van der Waals surface area contributed by atoms with E-state index in [1.165, 1.54) is 12.1 Å². The summed E-state index contributed by atoms with van der Waals surface area (Å²) in [7, 11) is 3.11. The molecule has 1 unspecified atom stereocenters. The highest BCUT2D eigenvalue weighted by Gasteiger charge is 2.35. The van der Waals surface area contributed by atoms with Crippen molar-refractivity contribution in [2.24, 2.45) is 0 Å². The van der Waals surface area contributed by atoms with Gasteiger partial charge in [0.2, 0.25) is 5.91 Å². The van der Waals surface area contributed by atoms with E-state index in [9.17, 15) is 9.18 Å². The van der Waals surface area contributed by atoms with Gasteiger partial charge in [-0.05, 0) is 18.2 Å². The van der Waals surface area contributed by atoms with E-state index in [0.29, 0.717) is 35.1 Å². The summed E-state index contributed by atoms with van der Waals surface area (Å²) in [6, 6.07) is 11.2. The number of carbonyl (C=O) groups excluding carboxylic acids is 1. The summed E-state index contributed by atoms with van der Waals surface area (Å²) < 4.78 is 29.2. The number of hydrogen-bond acceptors (Lipinski definition) is 6. The van der Waals surface area contributed by atoms with Crippen LogP contribution >= 0.6 is 0 Å². The number of hydrogen-bond donors (Lipinski definition) is 0. The number of anilines is 1. The third kappa shape index (κ3) is 3.40. The summed E-state index contributed by atoms with van der Waals surface area (Å²) in [6.07, 6.45) is 0.252. The van der Waals surface area contributed by atoms with Gasteiger partial charge in [0.1, 0.15) is 17.3 Å². The van der Waals surface area contributed by atoms with Gasteiger partial charge in [0.25, 0.3) is 5.89 Å². The Morgan fingerprint density at radius 3 is 2.57 bits per heavy atom. The fourth-order valence-corrected chi connectivity index (χ4v) is 3.22. The average Bonchev–Trinajstić information content (AvgIpc) is 3.34. The molecule has 4 rings (SSSR count). The maximum Gasteiger partial charge on any atom is 0.258 e. The second kappa shape index (κ2) is 7.30. The maximum atomic E-state index is 13.4. The van der Waals surface area contributed by atoms with E-state index in [4.69, 9.17) is 14.0 Å². The largest absolute Gasteiger partial charge is 0.497 e. The molecule has 1 saturated heterocycles. The summed E-state index contributed by atoms with van der Waals surface area (Å²) in [6.45, 7) is 0.400. The highest BCUT2D eigenvalue weighted by molar-refractivity contribution is 5.96. The van der Waals surface area contributed by atoms with Gasteiger partial charge in [-0.25, -0.2) is 4.39 Å². The quantitative estimate of drug-likeness (QED) is 0.672. The standard InChI is InChI=1S/C20H18FN3O4/c1-26-16-8-15(9-17(10-16)27-2)24-11-13(7-18(24)25)19-22-20(28-23-19)12-4-3-5-14(21)6-12/h3-6,8-10,13H,7,11H2,1-2H3. The summed E-state index contributed by atoms with van der Waals surface area (Å²) >= 11 is 0. The van der Waals surface area contributed by atoms with Crippen LogP contribution in [0.2, 0.25) is 0 Å². The SMILES string of the molecule is COc1cc(OC)cc(N2CC(c3noc(-c4cccc(F)c4)n3)CC2=O)c1. The van der Waals surface area contributed by atoms with Gasteiger partial charge in [-0.2, -0.15) is 4.98 Å². The van der Waals surface area contributed by atoms with Crippen molar-refractivity contribution in [3.63, 3.8) is 0 Å². The molecule has 3 aromatic rings. The number of ether oxygens (including phenoxy) is 2. The average molecular weight is 383 g/mol. The van der Waals surface area contributed by atoms with E-state index in [1.807, 2.05) is 0 Å². The van der Waals surface area contributed by atoms with Gasteiger partial charge in [0.05, 0.1) is 19.9 Å². The molecule has 8 heteroatoms. The molecule has 1 fully saturated rings. The Bertz CT molecular complexity index is 998. The Hall–Kier alpha value is -3.42. The van der Waals surface area contributed by atoms with E-state index >= 15 is 0 Å². The third-order valence-electron chi connectivity index (χ3n) is 4.65. The summed E-state index contributed by atoms with van der Waals surface area (Å²) in [5.41, 5.74) is 1.18. The number of methoxy groups -OCH3 is 2. The van der Waals surface area contributed by atoms with Crippen molar-refractivity contribution >= 4 is 11.6 Å². The molecule has 2 aromatic carbocycles. The number of halogens is 1. The number of amides is 1. The topological polar surface area (TPSA) is 77.7 Å². The zero-order valence-electron chi connectivity index (χ0n) is 15.4. The van der Waals surface area contributed by atoms with Crippen LogP contribution in [0.25, 0.3) is 11.5 Å². The molecule has 1 aromatic heterocycles. The van der Waals surface area contributed by atoms with Crippen LogP contribution < -0.4 is 14.4 Å². The van der Waals surface area contributed by atoms with Crippen LogP contribution in [0.4, 0.5) is 10.1 Å². The van der Waals surface area contributed by atoms with E-state index in [0.717, 1.165) is 0 Å². The number of carbonyl (C=O) groups is 1. The minimum absolute atomic E-state index is 0.0580. The van der Waals surface area contributed by atoms with Crippen molar-refractivity contribution in [2.75, 3.05) is 25.7 Å². The second-order valence-corrected chi connectivity index (χ2v) is 6.44. The fourth-order valence-electron chi connectivity index (χ4n) is 3.22. The first kappa shape index (κ1) is 18.0. The highest BCUT2D eigenvalue weighted by atomic mass is 19.1. The van der Waals surface area contributed by atoms with Gasteiger partial charge in [-0.1, -0.05) is 11.2 Å². The van der Waals surface area contributed by atoms with Crippen molar-refractivity contribution in [1.82, 2.24) is 10.1 Å². The van der Waals surface area contributed by atoms with E-state index in [2.05, 4.69) is 10.1 Å². The predicted octanol–water partition coefficient (Wildman–Crippen LogP) is 3.41. The van der Waals surface area contributed by atoms with E-state index in [1.54, 1.807) is 49.5 Å². The lowest BCUT2D eigenvalue weighted by atomic mass is 10.1. The van der Waals surface area contributed by atoms with Crippen LogP contribution in [0.15, 0.2) is 47.0 Å². The van der Waals surface area contributed by atoms with Gasteiger partial charge in [-0.15, -0.1) is 0 Å². The second-order valence-electron chi connectivity index (χ2n) is 6.44. The monoisotopic (exact) mass is 383 g/mol. The van der Waals surface area contributed by atoms with Crippen molar-refractivity contribution in [1.29, 1.82) is 0 Å². The van der Waals surface area contributed by atoms with Crippen molar-refractivity contribution in [3.8, 4) is 23.0 Å². The number of benzene rings is 2. The smallest absolute Gasteiger partial charge is 0.258 e. The molecule has 1 aliphatic rings. The van der Waals surface area contributed by atoms with Gasteiger partial charge in [0, 0.05) is 42.6 Å². The Kier molecular flexibility index (Phi) is 4.68. The van der Waals surface area contributed by atoms with Crippen molar-refractivity contribution < 1.29 is 23.2 Å². The maximum absolute atomic E-state index is 13.4. The first-order chi connectivity index (χ1) is 13.6. The molecule has 28 heavy (non-hydrogen) atoms. The van der Waals surface area contributed by atoms with E-state index < -0.39 is 0 Å². The molecular formula is C20H18FN3O4. The molecule has 1 atom stereocenters. The van der Waals surface area contributed by atoms with Crippen LogP contribution in [-0.4, -0.2) is 36.8 Å². The van der Waals surface area contributed by atoms with Gasteiger partial charge in [-0.3, -0.25) is 4.79 Å². The molecule has 144 valence electrons. The Balaban J connectivity index is 1.57. The summed E-state index contributed by atoms with van der Waals surface area (Å²) in [5.74, 6) is 1.17. The Labute approximate surface area is 160 Å². The van der Waals surface area contributed by atoms with Crippen LogP contribution in [0, 0.1) is 5.82 Å². The van der Waals surface area contributed by atoms with Gasteiger partial charge < -0.3 is 18.9 Å². The molecule has 1 aliphatic heterocycles. The lowest BCUT2D eigenvalue weighted by molar-refractivity contribution is -0.117. The summed E-state index contributed by atoms with van der Waals surface area (Å²) in [4.78, 5) is 18.6. The molecule has 0 N–H and O–H groups in total. The Morgan fingerprint density at radius 1 is 1.14 bits per heavy atom. The molecule has 1 amide bonds. The van der Waals surface area contributed by atoms with Gasteiger partial charge >= 0.3 is 0 Å². The van der Waals surface area contributed by atoms with E-state index in [-0.39, 0.29) is 30.0 Å². The lowest BCUT2D eigenvalue weighted by Crippen LogP contribution is -2.24. The number of rotatable bonds is 5. The molecule has 0 saturated carbocycles. The predicted molar refractivity (Wildman–Crippen MR) is 98.9 cm³/mol. The van der Waals surface area contributed by atoms with Crippen LogP contribution in [0.3, 0.4) is 0 Å². The van der Waals surface area contributed by atoms with Gasteiger partial charge in [0.15, 0.2) is 5.82 Å². The first-order valence-corrected chi connectivity index (χ1v) is 8.70. The molecule has 0 aliphatic carbocycles. The summed E-state index contributed by atoms with van der Waals surface area (Å²) in [5, 5.41) is 4.00. The lowest BCUT2D eigenvalue weighted by Gasteiger charge is -2.18. The number of nitrogens with zero attached hydrogens (tertiary/aromatic N) is 3. The first-order valence-electron chi connectivity index (χ1n) is 8.70. The molecular weight excluding hydrogens is 365 g/mol. The third-order valence-corrected chi connectivity index (χ3v) is 4.65. The molecule has 0 radical (unpaired) electrons. The molecule has 0 bridgehead atoms. The minimum Gasteiger partial charge on any atom is -0.497 e. The van der Waals surface area contributed by atoms with Crippen molar-refractivity contribution in [3.05, 3.63) is 54.1 Å². The van der Waals surface area contributed by atoms with Crippen molar-refractivity contribution in [2.45, 2.75) is 12.3 Å². The van der Waals surface area contributed by atoms with Crippen LogP contribution in [-0.2, 0) is 4.79 Å². The zero-order chi connectivity index (χ0) is 19.7. The highest BCUT2D eigenvalue weighted by Crippen LogP contribution is 2.35. The van der Waals surface area contributed by atoms with Crippen LogP contribution in [0.1, 0.15) is 18.2 Å². The fraction of sp³-hybridized carbons (Fsp3) is 0.250. The normalized spacial score (nSPS) is 16.5. The molecule has 7 nitrogen and oxygen atoms in total. The minimum atomic E-state index is -0.383. The molecule has 2 heterocycles. The molecule has 0 spiro atoms. The van der Waals surface area contributed by atoms with Crippen LogP contribution in [0.5, 0.6) is 11.5 Å². The Morgan fingerprint density at radius 2 is 1.89 bits per heavy atom.